The maximum Gasteiger partial charge on any atom is 0.122 e. The van der Waals surface area contributed by atoms with E-state index in [2.05, 4.69) is 37.9 Å². The van der Waals surface area contributed by atoms with Crippen molar-refractivity contribution in [3.8, 4) is 5.75 Å². The highest BCUT2D eigenvalue weighted by atomic mass is 16.5. The Morgan fingerprint density at radius 3 is 2.47 bits per heavy atom. The Kier molecular flexibility index (Phi) is 4.97. The summed E-state index contributed by atoms with van der Waals surface area (Å²) in [5.74, 6) is 0.959. The molecule has 1 unspecified atom stereocenters. The summed E-state index contributed by atoms with van der Waals surface area (Å²) in [4.78, 5) is 2.25. The second kappa shape index (κ2) is 6.03. The number of likely N-dealkylation sites (N-methyl/N-ethyl adjacent to an activating group) is 1. The maximum absolute atomic E-state index is 5.80. The van der Waals surface area contributed by atoms with Gasteiger partial charge in [-0.15, -0.1) is 0 Å². The fourth-order valence-electron chi connectivity index (χ4n) is 2.09. The van der Waals surface area contributed by atoms with Crippen LogP contribution >= 0.6 is 0 Å². The highest BCUT2D eigenvalue weighted by Crippen LogP contribution is 2.23. The molecule has 3 nitrogen and oxygen atoms in total. The Labute approximate surface area is 105 Å². The fourth-order valence-corrected chi connectivity index (χ4v) is 2.09. The summed E-state index contributed by atoms with van der Waals surface area (Å²) in [7, 11) is 3.81. The van der Waals surface area contributed by atoms with Gasteiger partial charge in [-0.1, -0.05) is 6.07 Å². The monoisotopic (exact) mass is 236 g/mol. The molecule has 0 spiro atoms. The van der Waals surface area contributed by atoms with E-state index in [1.807, 2.05) is 6.92 Å². The number of nitrogens with zero attached hydrogens (tertiary/aromatic N) is 1. The minimum atomic E-state index is 0.208. The van der Waals surface area contributed by atoms with E-state index < -0.39 is 0 Å². The fraction of sp³-hybridized carbons (Fsp3) is 0.571. The van der Waals surface area contributed by atoms with Gasteiger partial charge in [-0.05, 0) is 50.6 Å². The van der Waals surface area contributed by atoms with Gasteiger partial charge in [0.2, 0.25) is 0 Å². The lowest BCUT2D eigenvalue weighted by Gasteiger charge is -2.21. The van der Waals surface area contributed by atoms with E-state index in [-0.39, 0.29) is 6.04 Å². The predicted octanol–water partition coefficient (Wildman–Crippen LogP) is 2.09. The lowest BCUT2D eigenvalue weighted by Crippen LogP contribution is -2.32. The summed E-state index contributed by atoms with van der Waals surface area (Å²) in [5, 5.41) is 0. The normalized spacial score (nSPS) is 12.9. The summed E-state index contributed by atoms with van der Waals surface area (Å²) in [6.45, 7) is 8.07. The molecule has 1 rings (SSSR count). The van der Waals surface area contributed by atoms with E-state index in [9.17, 15) is 0 Å². The van der Waals surface area contributed by atoms with Crippen molar-refractivity contribution in [2.75, 3.05) is 20.7 Å². The van der Waals surface area contributed by atoms with Gasteiger partial charge in [-0.3, -0.25) is 0 Å². The van der Waals surface area contributed by atoms with E-state index in [4.69, 9.17) is 10.5 Å². The van der Waals surface area contributed by atoms with Crippen LogP contribution in [0.2, 0.25) is 0 Å². The van der Waals surface area contributed by atoms with Crippen LogP contribution in [-0.2, 0) is 6.54 Å². The molecular formula is C14H24N2O. The van der Waals surface area contributed by atoms with Crippen LogP contribution in [0.15, 0.2) is 12.1 Å². The lowest BCUT2D eigenvalue weighted by molar-refractivity contribution is 0.309. The molecule has 0 aliphatic rings. The van der Waals surface area contributed by atoms with E-state index in [1.54, 1.807) is 7.11 Å². The molecule has 1 aromatic rings. The van der Waals surface area contributed by atoms with E-state index in [0.717, 1.165) is 18.8 Å². The molecule has 0 saturated carbocycles. The molecule has 1 atom stereocenters. The topological polar surface area (TPSA) is 38.5 Å². The van der Waals surface area contributed by atoms with Gasteiger partial charge in [-0.25, -0.2) is 0 Å². The Balaban J connectivity index is 2.81. The number of hydrogen-bond acceptors (Lipinski definition) is 3. The smallest absolute Gasteiger partial charge is 0.122 e. The molecule has 0 amide bonds. The van der Waals surface area contributed by atoms with Gasteiger partial charge in [0.15, 0.2) is 0 Å². The molecule has 17 heavy (non-hydrogen) atoms. The molecule has 0 bridgehead atoms. The third-order valence-electron chi connectivity index (χ3n) is 2.89. The quantitative estimate of drug-likeness (QED) is 0.851. The van der Waals surface area contributed by atoms with E-state index in [0.29, 0.717) is 0 Å². The van der Waals surface area contributed by atoms with Gasteiger partial charge in [0.1, 0.15) is 5.75 Å². The average molecular weight is 236 g/mol. The van der Waals surface area contributed by atoms with Gasteiger partial charge in [0.05, 0.1) is 7.11 Å². The number of benzene rings is 1. The zero-order valence-corrected chi connectivity index (χ0v) is 11.6. The van der Waals surface area contributed by atoms with Crippen molar-refractivity contribution in [1.82, 2.24) is 4.90 Å². The highest BCUT2D eigenvalue weighted by Gasteiger charge is 2.08. The molecule has 1 aromatic carbocycles. The van der Waals surface area contributed by atoms with Crippen molar-refractivity contribution in [3.05, 3.63) is 28.8 Å². The van der Waals surface area contributed by atoms with Crippen LogP contribution in [0.25, 0.3) is 0 Å². The second-order valence-corrected chi connectivity index (χ2v) is 4.92. The van der Waals surface area contributed by atoms with Gasteiger partial charge >= 0.3 is 0 Å². The van der Waals surface area contributed by atoms with E-state index >= 15 is 0 Å². The molecule has 0 aromatic heterocycles. The first kappa shape index (κ1) is 14.0. The minimum absolute atomic E-state index is 0.208. The van der Waals surface area contributed by atoms with Crippen LogP contribution < -0.4 is 10.5 Å². The SMILES string of the molecule is COc1cc(C)c(CN(C)CC(C)N)cc1C. The van der Waals surface area contributed by atoms with Crippen LogP contribution in [0, 0.1) is 13.8 Å². The minimum Gasteiger partial charge on any atom is -0.496 e. The van der Waals surface area contributed by atoms with Crippen LogP contribution in [0.1, 0.15) is 23.6 Å². The van der Waals surface area contributed by atoms with Crippen molar-refractivity contribution in [2.24, 2.45) is 5.73 Å². The Morgan fingerprint density at radius 2 is 1.94 bits per heavy atom. The predicted molar refractivity (Wildman–Crippen MR) is 72.5 cm³/mol. The number of rotatable bonds is 5. The first-order valence-corrected chi connectivity index (χ1v) is 6.02. The third kappa shape index (κ3) is 4.02. The van der Waals surface area contributed by atoms with Crippen LogP contribution in [0.4, 0.5) is 0 Å². The van der Waals surface area contributed by atoms with Crippen LogP contribution in [0.3, 0.4) is 0 Å². The standard InChI is InChI=1S/C14H24N2O/c1-10-7-14(17-5)11(2)6-13(10)9-16(4)8-12(3)15/h6-7,12H,8-9,15H2,1-5H3. The van der Waals surface area contributed by atoms with Gasteiger partial charge in [-0.2, -0.15) is 0 Å². The zero-order valence-electron chi connectivity index (χ0n) is 11.6. The molecule has 0 aliphatic carbocycles. The van der Waals surface area contributed by atoms with Crippen molar-refractivity contribution in [2.45, 2.75) is 33.4 Å². The molecule has 0 saturated heterocycles. The molecule has 3 heteroatoms. The van der Waals surface area contributed by atoms with Crippen molar-refractivity contribution in [1.29, 1.82) is 0 Å². The summed E-state index contributed by atoms with van der Waals surface area (Å²) in [6.07, 6.45) is 0. The first-order chi connectivity index (χ1) is 7.93. The number of methoxy groups -OCH3 is 1. The zero-order chi connectivity index (χ0) is 13.0. The Morgan fingerprint density at radius 1 is 1.29 bits per heavy atom. The molecule has 0 heterocycles. The van der Waals surface area contributed by atoms with Gasteiger partial charge in [0.25, 0.3) is 0 Å². The van der Waals surface area contributed by atoms with Crippen molar-refractivity contribution >= 4 is 0 Å². The molecular weight excluding hydrogens is 212 g/mol. The van der Waals surface area contributed by atoms with Gasteiger partial charge in [0, 0.05) is 19.1 Å². The van der Waals surface area contributed by atoms with Crippen LogP contribution in [-0.4, -0.2) is 31.6 Å². The number of nitrogens with two attached hydrogens (primary N) is 1. The lowest BCUT2D eigenvalue weighted by atomic mass is 10.0. The first-order valence-electron chi connectivity index (χ1n) is 6.02. The number of hydrogen-bond donors (Lipinski definition) is 1. The van der Waals surface area contributed by atoms with Crippen molar-refractivity contribution in [3.63, 3.8) is 0 Å². The van der Waals surface area contributed by atoms with E-state index in [1.165, 1.54) is 16.7 Å². The summed E-state index contributed by atoms with van der Waals surface area (Å²) >= 11 is 0. The van der Waals surface area contributed by atoms with Crippen LogP contribution in [0.5, 0.6) is 5.75 Å². The Hall–Kier alpha value is -1.06. The summed E-state index contributed by atoms with van der Waals surface area (Å²) in [6, 6.07) is 4.51. The number of aryl methyl sites for hydroxylation is 2. The van der Waals surface area contributed by atoms with Crippen molar-refractivity contribution < 1.29 is 4.74 Å². The summed E-state index contributed by atoms with van der Waals surface area (Å²) < 4.78 is 5.32. The average Bonchev–Trinajstić information content (AvgIpc) is 2.21. The highest BCUT2D eigenvalue weighted by molar-refractivity contribution is 5.41. The molecule has 2 N–H and O–H groups in total. The second-order valence-electron chi connectivity index (χ2n) is 4.92. The molecule has 96 valence electrons. The molecule has 0 aliphatic heterocycles. The maximum atomic E-state index is 5.80. The Bertz CT molecular complexity index is 375. The number of ether oxygens (including phenoxy) is 1. The van der Waals surface area contributed by atoms with Gasteiger partial charge < -0.3 is 15.4 Å². The largest absolute Gasteiger partial charge is 0.496 e. The molecule has 0 radical (unpaired) electrons. The summed E-state index contributed by atoms with van der Waals surface area (Å²) in [5.41, 5.74) is 9.59. The molecule has 0 fully saturated rings. The third-order valence-corrected chi connectivity index (χ3v) is 2.89.